The molecule has 0 aromatic heterocycles. The largest absolute Gasteiger partial charge is 0.480 e. The van der Waals surface area contributed by atoms with E-state index in [0.29, 0.717) is 32.7 Å². The van der Waals surface area contributed by atoms with Gasteiger partial charge in [-0.3, -0.25) is 38.5 Å². The number of hydrogen-bond donors (Lipinski definition) is 4. The number of carboxylic acids is 2. The Morgan fingerprint density at radius 2 is 1.00 bits per heavy atom. The standard InChI is InChI=1S/C19H37N4O8P/c1-19(2,3)16(24)12-20-4-5-21(13-17(25)26)6-7-22(14-18(27)28)9-11-23(10-8-20)15-32(29,30)31/h4-15H2,1-3H3,(H,25,26)(H,27,28)(H2,29,30,31). The quantitative estimate of drug-likeness (QED) is 0.318. The Kier molecular flexibility index (Phi) is 11.4. The zero-order valence-electron chi connectivity index (χ0n) is 19.1. The van der Waals surface area contributed by atoms with Crippen LogP contribution in [0, 0.1) is 5.41 Å². The monoisotopic (exact) mass is 480 g/mol. The number of rotatable bonds is 8. The fraction of sp³-hybridized carbons (Fsp3) is 0.842. The molecule has 0 amide bonds. The minimum absolute atomic E-state index is 0.0172. The first-order valence-corrected chi connectivity index (χ1v) is 12.4. The molecule has 0 unspecified atom stereocenters. The van der Waals surface area contributed by atoms with Gasteiger partial charge in [-0.2, -0.15) is 0 Å². The van der Waals surface area contributed by atoms with Gasteiger partial charge in [0.2, 0.25) is 0 Å². The van der Waals surface area contributed by atoms with Gasteiger partial charge in [0.25, 0.3) is 0 Å². The molecule has 1 aliphatic heterocycles. The maximum Gasteiger partial charge on any atom is 0.339 e. The molecule has 0 aliphatic carbocycles. The van der Waals surface area contributed by atoms with E-state index in [0.717, 1.165) is 0 Å². The van der Waals surface area contributed by atoms with Crippen LogP contribution >= 0.6 is 7.60 Å². The summed E-state index contributed by atoms with van der Waals surface area (Å²) >= 11 is 0. The Morgan fingerprint density at radius 1 is 0.688 bits per heavy atom. The van der Waals surface area contributed by atoms with Crippen molar-refractivity contribution in [1.29, 1.82) is 0 Å². The lowest BCUT2D eigenvalue weighted by Gasteiger charge is -2.34. The Morgan fingerprint density at radius 3 is 1.28 bits per heavy atom. The molecule has 0 saturated carbocycles. The van der Waals surface area contributed by atoms with Crippen LogP contribution in [0.3, 0.4) is 0 Å². The Hall–Kier alpha value is -1.40. The van der Waals surface area contributed by atoms with Gasteiger partial charge in [-0.1, -0.05) is 20.8 Å². The van der Waals surface area contributed by atoms with Gasteiger partial charge in [0.05, 0.1) is 19.6 Å². The molecule has 4 N–H and O–H groups in total. The van der Waals surface area contributed by atoms with E-state index in [1.165, 1.54) is 0 Å². The number of carbonyl (C=O) groups excluding carboxylic acids is 1. The average molecular weight is 480 g/mol. The number of nitrogens with zero attached hydrogens (tertiary/aromatic N) is 4. The third-order valence-corrected chi connectivity index (χ3v) is 6.00. The second-order valence-electron chi connectivity index (χ2n) is 9.21. The van der Waals surface area contributed by atoms with Crippen LogP contribution in [-0.4, -0.2) is 136 Å². The minimum atomic E-state index is -4.33. The van der Waals surface area contributed by atoms with Gasteiger partial charge < -0.3 is 20.0 Å². The normalized spacial score (nSPS) is 19.8. The minimum Gasteiger partial charge on any atom is -0.480 e. The molecule has 1 saturated heterocycles. The third kappa shape index (κ3) is 12.6. The summed E-state index contributed by atoms with van der Waals surface area (Å²) in [5, 5.41) is 18.4. The average Bonchev–Trinajstić information content (AvgIpc) is 2.61. The van der Waals surface area contributed by atoms with Crippen molar-refractivity contribution >= 4 is 25.3 Å². The van der Waals surface area contributed by atoms with Crippen LogP contribution in [0.4, 0.5) is 0 Å². The van der Waals surface area contributed by atoms with Crippen LogP contribution in [0.1, 0.15) is 20.8 Å². The van der Waals surface area contributed by atoms with Gasteiger partial charge >= 0.3 is 19.5 Å². The first-order valence-electron chi connectivity index (χ1n) is 10.6. The number of carbonyl (C=O) groups is 3. The molecule has 1 aliphatic rings. The fourth-order valence-electron chi connectivity index (χ4n) is 3.28. The van der Waals surface area contributed by atoms with Gasteiger partial charge in [-0.05, 0) is 0 Å². The number of ketones is 1. The van der Waals surface area contributed by atoms with E-state index < -0.39 is 31.2 Å². The Bertz CT molecular complexity index is 693. The second-order valence-corrected chi connectivity index (χ2v) is 10.8. The van der Waals surface area contributed by atoms with Crippen LogP contribution in [0.15, 0.2) is 0 Å². The summed E-state index contributed by atoms with van der Waals surface area (Å²) in [6, 6.07) is 0. The summed E-state index contributed by atoms with van der Waals surface area (Å²) in [7, 11) is -4.33. The molecule has 1 fully saturated rings. The van der Waals surface area contributed by atoms with Crippen molar-refractivity contribution in [2.45, 2.75) is 20.8 Å². The van der Waals surface area contributed by atoms with E-state index in [2.05, 4.69) is 0 Å². The van der Waals surface area contributed by atoms with Crippen molar-refractivity contribution in [3.05, 3.63) is 0 Å². The summed E-state index contributed by atoms with van der Waals surface area (Å²) in [5.74, 6) is -2.01. The molecule has 0 atom stereocenters. The van der Waals surface area contributed by atoms with Crippen molar-refractivity contribution in [2.75, 3.05) is 78.3 Å². The molecule has 13 heteroatoms. The van der Waals surface area contributed by atoms with Crippen LogP contribution in [0.5, 0.6) is 0 Å². The molecule has 0 bridgehead atoms. The highest BCUT2D eigenvalue weighted by molar-refractivity contribution is 7.51. The molecule has 0 aromatic rings. The number of carboxylic acid groups (broad SMARTS) is 2. The molecule has 0 spiro atoms. The van der Waals surface area contributed by atoms with E-state index in [4.69, 9.17) is 0 Å². The van der Waals surface area contributed by atoms with Crippen molar-refractivity contribution in [1.82, 2.24) is 19.6 Å². The summed E-state index contributed by atoms with van der Waals surface area (Å²) in [4.78, 5) is 60.7. The van der Waals surface area contributed by atoms with Crippen molar-refractivity contribution < 1.29 is 38.9 Å². The Labute approximate surface area is 188 Å². The highest BCUT2D eigenvalue weighted by atomic mass is 31.2. The lowest BCUT2D eigenvalue weighted by molar-refractivity contribution is -0.140. The zero-order chi connectivity index (χ0) is 24.5. The van der Waals surface area contributed by atoms with Gasteiger partial charge in [-0.15, -0.1) is 0 Å². The van der Waals surface area contributed by atoms with Crippen LogP contribution in [0.25, 0.3) is 0 Å². The van der Waals surface area contributed by atoms with E-state index in [-0.39, 0.29) is 45.1 Å². The highest BCUT2D eigenvalue weighted by Crippen LogP contribution is 2.34. The maximum absolute atomic E-state index is 12.6. The summed E-state index contributed by atoms with van der Waals surface area (Å²) < 4.78 is 11.6. The molecule has 32 heavy (non-hydrogen) atoms. The molecule has 0 radical (unpaired) electrons. The van der Waals surface area contributed by atoms with Gasteiger partial charge in [-0.25, -0.2) is 0 Å². The van der Waals surface area contributed by atoms with E-state index in [9.17, 15) is 38.9 Å². The SMILES string of the molecule is CC(C)(C)C(=O)CN1CCN(CC(=O)O)CCN(CC(=O)O)CCN(CP(=O)(O)O)CC1. The Balaban J connectivity index is 3.04. The van der Waals surface area contributed by atoms with Crippen molar-refractivity contribution in [3.63, 3.8) is 0 Å². The fourth-order valence-corrected chi connectivity index (χ4v) is 4.08. The first kappa shape index (κ1) is 28.6. The molecule has 1 heterocycles. The van der Waals surface area contributed by atoms with Gasteiger partial charge in [0.15, 0.2) is 5.78 Å². The van der Waals surface area contributed by atoms with E-state index in [1.54, 1.807) is 14.7 Å². The first-order chi connectivity index (χ1) is 14.7. The van der Waals surface area contributed by atoms with Crippen molar-refractivity contribution in [2.24, 2.45) is 5.41 Å². The maximum atomic E-state index is 12.6. The zero-order valence-corrected chi connectivity index (χ0v) is 20.0. The topological polar surface area (TPSA) is 162 Å². The second kappa shape index (κ2) is 12.7. The molecule has 12 nitrogen and oxygen atoms in total. The third-order valence-electron chi connectivity index (χ3n) is 5.24. The highest BCUT2D eigenvalue weighted by Gasteiger charge is 2.26. The summed E-state index contributed by atoms with van der Waals surface area (Å²) in [6.07, 6.45) is -0.458. The van der Waals surface area contributed by atoms with Gasteiger partial charge in [0, 0.05) is 57.8 Å². The number of Topliss-reactive ketones (excluding diaryl/α,β-unsaturated/α-hetero) is 1. The van der Waals surface area contributed by atoms with E-state index in [1.807, 2.05) is 25.7 Å². The lowest BCUT2D eigenvalue weighted by atomic mass is 9.90. The van der Waals surface area contributed by atoms with Crippen molar-refractivity contribution in [3.8, 4) is 0 Å². The number of hydrogen-bond acceptors (Lipinski definition) is 8. The molecule has 186 valence electrons. The predicted octanol–water partition coefficient (Wildman–Crippen LogP) is -0.872. The number of aliphatic carboxylic acids is 2. The van der Waals surface area contributed by atoms with Gasteiger partial charge in [0.1, 0.15) is 6.29 Å². The molecule has 0 aromatic carbocycles. The van der Waals surface area contributed by atoms with E-state index >= 15 is 0 Å². The molecule has 1 rings (SSSR count). The molecular weight excluding hydrogens is 443 g/mol. The summed E-state index contributed by atoms with van der Waals surface area (Å²) in [5.41, 5.74) is -0.548. The smallest absolute Gasteiger partial charge is 0.339 e. The van der Waals surface area contributed by atoms with Crippen LogP contribution in [-0.2, 0) is 18.9 Å². The molecular formula is C19H37N4O8P. The lowest BCUT2D eigenvalue weighted by Crippen LogP contribution is -2.49. The van der Waals surface area contributed by atoms with Crippen LogP contribution in [0.2, 0.25) is 0 Å². The summed E-state index contributed by atoms with van der Waals surface area (Å²) in [6.45, 7) is 7.67. The predicted molar refractivity (Wildman–Crippen MR) is 118 cm³/mol. The van der Waals surface area contributed by atoms with Crippen LogP contribution < -0.4 is 0 Å².